The molecule has 1 aromatic heterocycles. The number of aryl methyl sites for hydroxylation is 1. The first-order chi connectivity index (χ1) is 16.1. The molecule has 1 heterocycles. The Hall–Kier alpha value is -2.99. The van der Waals surface area contributed by atoms with Gasteiger partial charge in [0, 0.05) is 30.6 Å². The molecule has 0 saturated heterocycles. The van der Waals surface area contributed by atoms with Crippen molar-refractivity contribution < 1.29 is 31.6 Å². The number of nitrogens with zero attached hydrogens (tertiary/aromatic N) is 1. The summed E-state index contributed by atoms with van der Waals surface area (Å²) in [5, 5.41) is 14.5. The molecule has 2 aromatic carbocycles. The van der Waals surface area contributed by atoms with Gasteiger partial charge in [0.2, 0.25) is 0 Å². The van der Waals surface area contributed by atoms with Crippen LogP contribution in [0.4, 0.5) is 10.4 Å². The molecule has 0 bridgehead atoms. The molecule has 0 amide bonds. The minimum absolute atomic E-state index is 0.0244. The summed E-state index contributed by atoms with van der Waals surface area (Å²) in [6.07, 6.45) is 1.71. The summed E-state index contributed by atoms with van der Waals surface area (Å²) in [6.45, 7) is 1.86. The van der Waals surface area contributed by atoms with E-state index in [9.17, 15) is 22.5 Å². The van der Waals surface area contributed by atoms with E-state index in [-0.39, 0.29) is 30.1 Å². The van der Waals surface area contributed by atoms with E-state index in [0.717, 1.165) is 5.56 Å². The third kappa shape index (κ3) is 5.07. The molecule has 1 aliphatic rings. The molecule has 1 aliphatic carbocycles. The van der Waals surface area contributed by atoms with Crippen molar-refractivity contribution in [3.05, 3.63) is 59.4 Å². The van der Waals surface area contributed by atoms with Gasteiger partial charge in [-0.05, 0) is 55.2 Å². The van der Waals surface area contributed by atoms with E-state index in [1.807, 2.05) is 0 Å². The largest absolute Gasteiger partial charge is 0.489 e. The number of nitrogens with one attached hydrogen (secondary N) is 1. The van der Waals surface area contributed by atoms with Crippen LogP contribution in [0.5, 0.6) is 5.75 Å². The van der Waals surface area contributed by atoms with Crippen molar-refractivity contribution in [2.45, 2.75) is 42.7 Å². The number of halogens is 1. The first-order valence-electron chi connectivity index (χ1n) is 10.7. The van der Waals surface area contributed by atoms with Crippen molar-refractivity contribution in [1.29, 1.82) is 0 Å². The number of rotatable bonds is 8. The fraction of sp³-hybridized carbons (Fsp3) is 0.348. The maximum Gasteiger partial charge on any atom is 0.295 e. The van der Waals surface area contributed by atoms with Gasteiger partial charge in [-0.3, -0.25) is 4.55 Å². The van der Waals surface area contributed by atoms with Crippen LogP contribution in [-0.4, -0.2) is 42.3 Å². The summed E-state index contributed by atoms with van der Waals surface area (Å²) in [5.41, 5.74) is 6.75. The van der Waals surface area contributed by atoms with Gasteiger partial charge in [0.25, 0.3) is 16.1 Å². The van der Waals surface area contributed by atoms with Crippen LogP contribution in [0.15, 0.2) is 57.6 Å². The van der Waals surface area contributed by atoms with Crippen LogP contribution in [-0.2, 0) is 15.7 Å². The Labute approximate surface area is 196 Å². The lowest BCUT2D eigenvalue weighted by Gasteiger charge is -2.26. The number of nitrogens with two attached hydrogens (primary N) is 1. The van der Waals surface area contributed by atoms with E-state index in [1.54, 1.807) is 31.2 Å². The molecule has 0 radical (unpaired) electrons. The molecule has 9 nitrogen and oxygen atoms in total. The summed E-state index contributed by atoms with van der Waals surface area (Å²) in [7, 11) is -4.38. The number of benzene rings is 2. The van der Waals surface area contributed by atoms with Gasteiger partial charge in [-0.15, -0.1) is 0 Å². The minimum atomic E-state index is -4.38. The van der Waals surface area contributed by atoms with Gasteiger partial charge in [-0.25, -0.2) is 4.39 Å². The standard InChI is InChI=1S/C23H26FN3O6S/c1-14-2-4-18(34(29,30)31)9-19(14)23(28)7-6-16(10-23)26-22-27-20-5-3-17(8-21(20)33-22)32-13-15(11-24)12-25/h2-5,8-9,11,16,28H,6-7,10,12-13,25H2,1H3,(H,26,27)(H,29,30,31). The maximum atomic E-state index is 12.7. The van der Waals surface area contributed by atoms with Crippen LogP contribution < -0.4 is 15.8 Å². The smallest absolute Gasteiger partial charge is 0.295 e. The van der Waals surface area contributed by atoms with Crippen molar-refractivity contribution >= 4 is 27.2 Å². The Kier molecular flexibility index (Phi) is 6.63. The van der Waals surface area contributed by atoms with Gasteiger partial charge >= 0.3 is 0 Å². The Morgan fingerprint density at radius 2 is 2.18 bits per heavy atom. The Morgan fingerprint density at radius 3 is 2.88 bits per heavy atom. The summed E-state index contributed by atoms with van der Waals surface area (Å²) in [6, 6.07) is 9.36. The number of aliphatic hydroxyl groups is 1. The molecule has 2 atom stereocenters. The van der Waals surface area contributed by atoms with Crippen LogP contribution >= 0.6 is 0 Å². The monoisotopic (exact) mass is 491 g/mol. The number of ether oxygens (including phenoxy) is 1. The van der Waals surface area contributed by atoms with E-state index >= 15 is 0 Å². The first-order valence-corrected chi connectivity index (χ1v) is 12.1. The minimum Gasteiger partial charge on any atom is -0.489 e. The van der Waals surface area contributed by atoms with Gasteiger partial charge in [-0.1, -0.05) is 6.07 Å². The molecule has 4 rings (SSSR count). The molecule has 182 valence electrons. The number of aromatic nitrogens is 1. The van der Waals surface area contributed by atoms with E-state index in [1.165, 1.54) is 12.1 Å². The van der Waals surface area contributed by atoms with Crippen molar-refractivity contribution in [3.63, 3.8) is 0 Å². The molecule has 34 heavy (non-hydrogen) atoms. The molecule has 11 heteroatoms. The van der Waals surface area contributed by atoms with Gasteiger partial charge in [-0.2, -0.15) is 13.4 Å². The van der Waals surface area contributed by atoms with Crippen LogP contribution in [0, 0.1) is 6.92 Å². The highest BCUT2D eigenvalue weighted by Crippen LogP contribution is 2.42. The third-order valence-electron chi connectivity index (χ3n) is 6.03. The first kappa shape index (κ1) is 24.1. The topological polar surface area (TPSA) is 148 Å². The molecule has 5 N–H and O–H groups in total. The highest BCUT2D eigenvalue weighted by molar-refractivity contribution is 7.85. The van der Waals surface area contributed by atoms with Gasteiger partial charge < -0.3 is 25.3 Å². The van der Waals surface area contributed by atoms with Crippen LogP contribution in [0.2, 0.25) is 0 Å². The van der Waals surface area contributed by atoms with E-state index in [0.29, 0.717) is 53.6 Å². The van der Waals surface area contributed by atoms with Gasteiger partial charge in [0.1, 0.15) is 17.9 Å². The lowest BCUT2D eigenvalue weighted by molar-refractivity contribution is 0.0427. The molecular formula is C23H26FN3O6S. The average Bonchev–Trinajstić information content (AvgIpc) is 3.36. The quantitative estimate of drug-likeness (QED) is 0.348. The average molecular weight is 492 g/mol. The fourth-order valence-electron chi connectivity index (χ4n) is 4.20. The second-order valence-corrected chi connectivity index (χ2v) is 9.90. The lowest BCUT2D eigenvalue weighted by atomic mass is 9.88. The fourth-order valence-corrected chi connectivity index (χ4v) is 4.70. The number of anilines is 1. The Balaban J connectivity index is 1.47. The SMILES string of the molecule is Cc1ccc(S(=O)(=O)O)cc1C1(O)CCC(Nc2nc3ccc(OCC(=CF)CN)cc3o2)C1. The van der Waals surface area contributed by atoms with Crippen molar-refractivity contribution in [3.8, 4) is 5.75 Å². The lowest BCUT2D eigenvalue weighted by Crippen LogP contribution is -2.26. The zero-order valence-electron chi connectivity index (χ0n) is 18.5. The number of oxazole rings is 1. The predicted octanol–water partition coefficient (Wildman–Crippen LogP) is 3.43. The number of hydrogen-bond donors (Lipinski definition) is 4. The normalized spacial score (nSPS) is 21.2. The third-order valence-corrected chi connectivity index (χ3v) is 6.88. The highest BCUT2D eigenvalue weighted by atomic mass is 32.2. The summed E-state index contributed by atoms with van der Waals surface area (Å²) < 4.78 is 56.4. The zero-order chi connectivity index (χ0) is 24.5. The summed E-state index contributed by atoms with van der Waals surface area (Å²) in [4.78, 5) is 4.16. The van der Waals surface area contributed by atoms with Gasteiger partial charge in [0.15, 0.2) is 5.58 Å². The van der Waals surface area contributed by atoms with Crippen molar-refractivity contribution in [1.82, 2.24) is 4.98 Å². The van der Waals surface area contributed by atoms with Crippen LogP contribution in [0.25, 0.3) is 11.1 Å². The molecule has 0 spiro atoms. The van der Waals surface area contributed by atoms with E-state index in [2.05, 4.69) is 10.3 Å². The molecular weight excluding hydrogens is 465 g/mol. The van der Waals surface area contributed by atoms with Crippen molar-refractivity contribution in [2.75, 3.05) is 18.5 Å². The molecule has 1 fully saturated rings. The summed E-state index contributed by atoms with van der Waals surface area (Å²) >= 11 is 0. The molecule has 3 aromatic rings. The Morgan fingerprint density at radius 1 is 1.38 bits per heavy atom. The van der Waals surface area contributed by atoms with E-state index < -0.39 is 15.7 Å². The van der Waals surface area contributed by atoms with E-state index in [4.69, 9.17) is 14.9 Å². The maximum absolute atomic E-state index is 12.7. The summed E-state index contributed by atoms with van der Waals surface area (Å²) in [5.74, 6) is 0.479. The molecule has 2 unspecified atom stereocenters. The molecule has 0 aliphatic heterocycles. The van der Waals surface area contributed by atoms with Crippen molar-refractivity contribution in [2.24, 2.45) is 5.73 Å². The molecule has 1 saturated carbocycles. The number of fused-ring (bicyclic) bond motifs is 1. The highest BCUT2D eigenvalue weighted by Gasteiger charge is 2.40. The second kappa shape index (κ2) is 9.34. The van der Waals surface area contributed by atoms with Crippen LogP contribution in [0.1, 0.15) is 30.4 Å². The zero-order valence-corrected chi connectivity index (χ0v) is 19.3. The van der Waals surface area contributed by atoms with Crippen LogP contribution in [0.3, 0.4) is 0 Å². The van der Waals surface area contributed by atoms with Gasteiger partial charge in [0.05, 0.1) is 16.8 Å². The second-order valence-electron chi connectivity index (χ2n) is 8.48. The number of hydrogen-bond acceptors (Lipinski definition) is 8. The Bertz CT molecular complexity index is 1340. The predicted molar refractivity (Wildman–Crippen MR) is 124 cm³/mol.